The van der Waals surface area contributed by atoms with Crippen molar-refractivity contribution in [2.75, 3.05) is 12.1 Å². The molecule has 0 saturated carbocycles. The highest BCUT2D eigenvalue weighted by molar-refractivity contribution is 6.05. The van der Waals surface area contributed by atoms with E-state index in [9.17, 15) is 4.79 Å². The van der Waals surface area contributed by atoms with Crippen molar-refractivity contribution in [3.63, 3.8) is 0 Å². The lowest BCUT2D eigenvalue weighted by atomic mass is 10.1. The molecule has 0 radical (unpaired) electrons. The van der Waals surface area contributed by atoms with Crippen LogP contribution in [0.2, 0.25) is 0 Å². The van der Waals surface area contributed by atoms with Gasteiger partial charge in [-0.1, -0.05) is 6.07 Å². The summed E-state index contributed by atoms with van der Waals surface area (Å²) in [5.74, 6) is 1.06. The van der Waals surface area contributed by atoms with Gasteiger partial charge in [-0.25, -0.2) is 0 Å². The van der Waals surface area contributed by atoms with Crippen molar-refractivity contribution in [1.82, 2.24) is 4.98 Å². The summed E-state index contributed by atoms with van der Waals surface area (Å²) in [6, 6.07) is 14.6. The maximum Gasteiger partial charge on any atom is 0.255 e. The fourth-order valence-corrected chi connectivity index (χ4v) is 2.39. The molecule has 3 aromatic rings. The summed E-state index contributed by atoms with van der Waals surface area (Å²) in [5, 5.41) is 3.86. The first-order chi connectivity index (χ1) is 10.8. The fourth-order valence-electron chi connectivity index (χ4n) is 2.39. The zero-order valence-electron chi connectivity index (χ0n) is 11.6. The first kappa shape index (κ1) is 12.6. The topological polar surface area (TPSA) is 60.5 Å². The van der Waals surface area contributed by atoms with Crippen LogP contribution >= 0.6 is 0 Å². The van der Waals surface area contributed by atoms with Crippen LogP contribution in [0.25, 0.3) is 10.9 Å². The van der Waals surface area contributed by atoms with Gasteiger partial charge in [0.25, 0.3) is 5.91 Å². The molecule has 0 spiro atoms. The maximum atomic E-state index is 12.3. The van der Waals surface area contributed by atoms with E-state index in [1.165, 1.54) is 0 Å². The molecular weight excluding hydrogens is 280 g/mol. The van der Waals surface area contributed by atoms with Crippen LogP contribution in [0.1, 0.15) is 10.4 Å². The second kappa shape index (κ2) is 5.04. The highest BCUT2D eigenvalue weighted by Crippen LogP contribution is 2.32. The Bertz CT molecular complexity index is 877. The Kier molecular flexibility index (Phi) is 2.89. The molecule has 5 heteroatoms. The number of nitrogens with one attached hydrogen (secondary N) is 1. The highest BCUT2D eigenvalue weighted by atomic mass is 16.7. The predicted octanol–water partition coefficient (Wildman–Crippen LogP) is 3.22. The fraction of sp³-hybridized carbons (Fsp3) is 0.0588. The lowest BCUT2D eigenvalue weighted by molar-refractivity contribution is 0.102. The zero-order valence-corrected chi connectivity index (χ0v) is 11.6. The molecule has 0 bridgehead atoms. The molecule has 108 valence electrons. The van der Waals surface area contributed by atoms with Crippen LogP contribution in [0.4, 0.5) is 5.69 Å². The van der Waals surface area contributed by atoms with Crippen molar-refractivity contribution in [1.29, 1.82) is 0 Å². The molecule has 1 aliphatic rings. The lowest BCUT2D eigenvalue weighted by Crippen LogP contribution is -2.11. The maximum absolute atomic E-state index is 12.3. The van der Waals surface area contributed by atoms with E-state index in [1.807, 2.05) is 30.3 Å². The summed E-state index contributed by atoms with van der Waals surface area (Å²) in [7, 11) is 0. The van der Waals surface area contributed by atoms with E-state index in [-0.39, 0.29) is 12.7 Å². The molecule has 0 aliphatic carbocycles. The molecule has 0 fully saturated rings. The average Bonchev–Trinajstić information content (AvgIpc) is 3.02. The number of rotatable bonds is 2. The predicted molar refractivity (Wildman–Crippen MR) is 82.3 cm³/mol. The largest absolute Gasteiger partial charge is 0.454 e. The van der Waals surface area contributed by atoms with Crippen LogP contribution in [0.3, 0.4) is 0 Å². The molecule has 5 nitrogen and oxygen atoms in total. The first-order valence-corrected chi connectivity index (χ1v) is 6.85. The minimum Gasteiger partial charge on any atom is -0.454 e. The van der Waals surface area contributed by atoms with E-state index in [4.69, 9.17) is 9.47 Å². The van der Waals surface area contributed by atoms with Gasteiger partial charge in [0.05, 0.1) is 5.52 Å². The number of nitrogens with zero attached hydrogens (tertiary/aromatic N) is 1. The third kappa shape index (κ3) is 2.22. The van der Waals surface area contributed by atoms with Gasteiger partial charge in [-0.3, -0.25) is 9.78 Å². The Morgan fingerprint density at radius 3 is 2.91 bits per heavy atom. The van der Waals surface area contributed by atoms with E-state index in [0.29, 0.717) is 17.1 Å². The molecule has 1 aliphatic heterocycles. The number of amides is 1. The summed E-state index contributed by atoms with van der Waals surface area (Å²) in [5.41, 5.74) is 2.14. The number of hydrogen-bond donors (Lipinski definition) is 1. The van der Waals surface area contributed by atoms with E-state index in [1.54, 1.807) is 24.4 Å². The molecule has 4 rings (SSSR count). The molecule has 2 aromatic carbocycles. The number of aromatic nitrogens is 1. The summed E-state index contributed by atoms with van der Waals surface area (Å²) < 4.78 is 10.5. The molecule has 1 aromatic heterocycles. The van der Waals surface area contributed by atoms with Gasteiger partial charge >= 0.3 is 0 Å². The monoisotopic (exact) mass is 292 g/mol. The summed E-state index contributed by atoms with van der Waals surface area (Å²) in [6.07, 6.45) is 1.74. The van der Waals surface area contributed by atoms with Crippen molar-refractivity contribution in [3.05, 3.63) is 60.3 Å². The highest BCUT2D eigenvalue weighted by Gasteiger charge is 2.16. The normalized spacial score (nSPS) is 12.4. The second-order valence-corrected chi connectivity index (χ2v) is 4.93. The van der Waals surface area contributed by atoms with E-state index in [2.05, 4.69) is 10.3 Å². The third-order valence-corrected chi connectivity index (χ3v) is 3.50. The molecule has 2 heterocycles. The minimum atomic E-state index is -0.193. The molecular formula is C17H12N2O3. The Morgan fingerprint density at radius 1 is 1.05 bits per heavy atom. The number of carbonyl (C=O) groups excluding carboxylic acids is 1. The van der Waals surface area contributed by atoms with Gasteiger partial charge in [0, 0.05) is 22.8 Å². The van der Waals surface area contributed by atoms with Crippen molar-refractivity contribution >= 4 is 22.5 Å². The van der Waals surface area contributed by atoms with Crippen LogP contribution in [-0.4, -0.2) is 17.7 Å². The third-order valence-electron chi connectivity index (χ3n) is 3.50. The quantitative estimate of drug-likeness (QED) is 0.788. The molecule has 1 amide bonds. The van der Waals surface area contributed by atoms with Crippen molar-refractivity contribution in [2.45, 2.75) is 0 Å². The number of carbonyl (C=O) groups is 1. The number of benzene rings is 2. The molecule has 0 atom stereocenters. The van der Waals surface area contributed by atoms with Gasteiger partial charge in [0.15, 0.2) is 11.5 Å². The number of ether oxygens (including phenoxy) is 2. The number of pyridine rings is 1. The zero-order chi connectivity index (χ0) is 14.9. The van der Waals surface area contributed by atoms with Gasteiger partial charge < -0.3 is 14.8 Å². The van der Waals surface area contributed by atoms with Crippen LogP contribution in [0, 0.1) is 0 Å². The Morgan fingerprint density at radius 2 is 1.95 bits per heavy atom. The molecule has 0 saturated heterocycles. The van der Waals surface area contributed by atoms with Crippen LogP contribution < -0.4 is 14.8 Å². The summed E-state index contributed by atoms with van der Waals surface area (Å²) >= 11 is 0. The van der Waals surface area contributed by atoms with Crippen molar-refractivity contribution in [3.8, 4) is 11.5 Å². The van der Waals surface area contributed by atoms with E-state index in [0.717, 1.165) is 16.6 Å². The van der Waals surface area contributed by atoms with Crippen molar-refractivity contribution in [2.24, 2.45) is 0 Å². The first-order valence-electron chi connectivity index (χ1n) is 6.85. The van der Waals surface area contributed by atoms with Crippen LogP contribution in [0.5, 0.6) is 11.5 Å². The molecule has 0 unspecified atom stereocenters. The van der Waals surface area contributed by atoms with Gasteiger partial charge in [-0.15, -0.1) is 0 Å². The average molecular weight is 292 g/mol. The Hall–Kier alpha value is -3.08. The van der Waals surface area contributed by atoms with Gasteiger partial charge in [-0.05, 0) is 42.5 Å². The Balaban J connectivity index is 1.60. The number of hydrogen-bond acceptors (Lipinski definition) is 4. The van der Waals surface area contributed by atoms with Crippen molar-refractivity contribution < 1.29 is 14.3 Å². The summed E-state index contributed by atoms with van der Waals surface area (Å²) in [6.45, 7) is 0.193. The smallest absolute Gasteiger partial charge is 0.255 e. The van der Waals surface area contributed by atoms with E-state index < -0.39 is 0 Å². The van der Waals surface area contributed by atoms with Gasteiger partial charge in [0.1, 0.15) is 0 Å². The number of fused-ring (bicyclic) bond motifs is 2. The Labute approximate surface area is 126 Å². The molecule has 22 heavy (non-hydrogen) atoms. The SMILES string of the molecule is O=C(Nc1ccc2ncccc2c1)c1ccc2c(c1)OCO2. The van der Waals surface area contributed by atoms with Gasteiger partial charge in [0.2, 0.25) is 6.79 Å². The lowest BCUT2D eigenvalue weighted by Gasteiger charge is -2.07. The second-order valence-electron chi connectivity index (χ2n) is 4.93. The van der Waals surface area contributed by atoms with Crippen LogP contribution in [0.15, 0.2) is 54.7 Å². The van der Waals surface area contributed by atoms with Crippen LogP contribution in [-0.2, 0) is 0 Å². The van der Waals surface area contributed by atoms with Gasteiger partial charge in [-0.2, -0.15) is 0 Å². The number of anilines is 1. The van der Waals surface area contributed by atoms with E-state index >= 15 is 0 Å². The summed E-state index contributed by atoms with van der Waals surface area (Å²) in [4.78, 5) is 16.6. The standard InChI is InChI=1S/C17H12N2O3/c20-17(12-3-6-15-16(9-12)22-10-21-15)19-13-4-5-14-11(8-13)2-1-7-18-14/h1-9H,10H2,(H,19,20). The minimum absolute atomic E-state index is 0.193. The molecule has 1 N–H and O–H groups in total.